The standard InChI is InChI=1S/C18H19N3O2S/c1-13-9-15(20-23-13)10-21-7-8-22-11-17(21)16-12-24-18(19-16)14-5-3-2-4-6-14/h2-6,9,12,17H,7-8,10-11H2,1H3. The van der Waals surface area contributed by atoms with Crippen LogP contribution in [0.4, 0.5) is 0 Å². The molecule has 2 aromatic heterocycles. The zero-order chi connectivity index (χ0) is 16.4. The van der Waals surface area contributed by atoms with E-state index in [0.29, 0.717) is 6.61 Å². The molecule has 3 aromatic rings. The molecule has 1 unspecified atom stereocenters. The lowest BCUT2D eigenvalue weighted by Crippen LogP contribution is -2.39. The Morgan fingerprint density at radius 3 is 2.96 bits per heavy atom. The lowest BCUT2D eigenvalue weighted by molar-refractivity contribution is -0.0149. The third-order valence-corrected chi connectivity index (χ3v) is 5.07. The highest BCUT2D eigenvalue weighted by atomic mass is 32.1. The fraction of sp³-hybridized carbons (Fsp3) is 0.333. The van der Waals surface area contributed by atoms with Gasteiger partial charge in [-0.1, -0.05) is 35.5 Å². The second-order valence-corrected chi connectivity index (χ2v) is 6.79. The van der Waals surface area contributed by atoms with E-state index in [1.165, 1.54) is 0 Å². The van der Waals surface area contributed by atoms with E-state index in [-0.39, 0.29) is 6.04 Å². The Bertz CT molecular complexity index is 799. The second-order valence-electron chi connectivity index (χ2n) is 5.93. The largest absolute Gasteiger partial charge is 0.378 e. The summed E-state index contributed by atoms with van der Waals surface area (Å²) in [5, 5.41) is 7.31. The third-order valence-electron chi connectivity index (χ3n) is 4.17. The number of rotatable bonds is 4. The van der Waals surface area contributed by atoms with Crippen LogP contribution in [0.15, 0.2) is 46.3 Å². The molecular formula is C18H19N3O2S. The highest BCUT2D eigenvalue weighted by Gasteiger charge is 2.27. The molecule has 0 saturated carbocycles. The Morgan fingerprint density at radius 2 is 2.17 bits per heavy atom. The molecule has 0 spiro atoms. The minimum absolute atomic E-state index is 0.157. The molecule has 3 heterocycles. The van der Waals surface area contributed by atoms with Crippen LogP contribution < -0.4 is 0 Å². The molecule has 0 bridgehead atoms. The first-order valence-electron chi connectivity index (χ1n) is 8.04. The number of morpholine rings is 1. The van der Waals surface area contributed by atoms with Crippen molar-refractivity contribution in [3.63, 3.8) is 0 Å². The van der Waals surface area contributed by atoms with Crippen molar-refractivity contribution < 1.29 is 9.26 Å². The Kier molecular flexibility index (Phi) is 4.42. The van der Waals surface area contributed by atoms with Gasteiger partial charge in [0, 0.05) is 30.1 Å². The summed E-state index contributed by atoms with van der Waals surface area (Å²) >= 11 is 1.68. The van der Waals surface area contributed by atoms with Crippen molar-refractivity contribution in [2.45, 2.75) is 19.5 Å². The predicted molar refractivity (Wildman–Crippen MR) is 92.8 cm³/mol. The minimum Gasteiger partial charge on any atom is -0.378 e. The zero-order valence-electron chi connectivity index (χ0n) is 13.5. The van der Waals surface area contributed by atoms with Crippen LogP contribution in [0.1, 0.15) is 23.2 Å². The molecule has 6 heteroatoms. The molecule has 124 valence electrons. The van der Waals surface area contributed by atoms with Crippen LogP contribution >= 0.6 is 11.3 Å². The molecule has 0 amide bonds. The lowest BCUT2D eigenvalue weighted by Gasteiger charge is -2.33. The summed E-state index contributed by atoms with van der Waals surface area (Å²) in [7, 11) is 0. The molecule has 1 saturated heterocycles. The van der Waals surface area contributed by atoms with Gasteiger partial charge in [0.1, 0.15) is 10.8 Å². The molecule has 4 rings (SSSR count). The van der Waals surface area contributed by atoms with Crippen molar-refractivity contribution in [1.29, 1.82) is 0 Å². The summed E-state index contributed by atoms with van der Waals surface area (Å²) in [6.45, 7) is 4.94. The van der Waals surface area contributed by atoms with Crippen molar-refractivity contribution in [3.05, 3.63) is 58.9 Å². The number of aryl methyl sites for hydroxylation is 1. The molecule has 1 aliphatic heterocycles. The number of ether oxygens (including phenoxy) is 1. The predicted octanol–water partition coefficient (Wildman–Crippen LogP) is 3.68. The molecule has 1 aliphatic rings. The van der Waals surface area contributed by atoms with Gasteiger partial charge in [0.2, 0.25) is 0 Å². The number of thiazole rings is 1. The quantitative estimate of drug-likeness (QED) is 0.724. The molecular weight excluding hydrogens is 322 g/mol. The monoisotopic (exact) mass is 341 g/mol. The van der Waals surface area contributed by atoms with Crippen LogP contribution in [0.3, 0.4) is 0 Å². The zero-order valence-corrected chi connectivity index (χ0v) is 14.3. The molecule has 1 atom stereocenters. The molecule has 0 N–H and O–H groups in total. The van der Waals surface area contributed by atoms with E-state index in [1.54, 1.807) is 11.3 Å². The molecule has 0 radical (unpaired) electrons. The number of benzene rings is 1. The topological polar surface area (TPSA) is 51.4 Å². The first-order chi connectivity index (χ1) is 11.8. The van der Waals surface area contributed by atoms with Gasteiger partial charge in [-0.15, -0.1) is 11.3 Å². The summed E-state index contributed by atoms with van der Waals surface area (Å²) in [5.41, 5.74) is 3.18. The molecule has 1 aromatic carbocycles. The summed E-state index contributed by atoms with van der Waals surface area (Å²) in [4.78, 5) is 7.22. The number of nitrogens with zero attached hydrogens (tertiary/aromatic N) is 3. The lowest BCUT2D eigenvalue weighted by atomic mass is 10.1. The van der Waals surface area contributed by atoms with Gasteiger partial charge in [0.15, 0.2) is 0 Å². The maximum atomic E-state index is 5.70. The van der Waals surface area contributed by atoms with Crippen molar-refractivity contribution >= 4 is 11.3 Å². The first kappa shape index (κ1) is 15.5. The van der Waals surface area contributed by atoms with Gasteiger partial charge in [-0.25, -0.2) is 4.98 Å². The van der Waals surface area contributed by atoms with Crippen molar-refractivity contribution in [3.8, 4) is 10.6 Å². The Hall–Kier alpha value is -2.02. The number of aromatic nitrogens is 2. The second kappa shape index (κ2) is 6.84. The highest BCUT2D eigenvalue weighted by molar-refractivity contribution is 7.13. The van der Waals surface area contributed by atoms with Crippen LogP contribution in [0.2, 0.25) is 0 Å². The van der Waals surface area contributed by atoms with Crippen LogP contribution in [0, 0.1) is 6.92 Å². The van der Waals surface area contributed by atoms with E-state index in [0.717, 1.165) is 47.4 Å². The Morgan fingerprint density at radius 1 is 1.29 bits per heavy atom. The third kappa shape index (κ3) is 3.26. The Labute approximate surface area is 144 Å². The van der Waals surface area contributed by atoms with E-state index in [9.17, 15) is 0 Å². The molecule has 0 aliphatic carbocycles. The highest BCUT2D eigenvalue weighted by Crippen LogP contribution is 2.30. The van der Waals surface area contributed by atoms with Gasteiger partial charge in [-0.2, -0.15) is 0 Å². The summed E-state index contributed by atoms with van der Waals surface area (Å²) in [6, 6.07) is 12.4. The molecule has 1 fully saturated rings. The van der Waals surface area contributed by atoms with Gasteiger partial charge in [0.25, 0.3) is 0 Å². The van der Waals surface area contributed by atoms with Gasteiger partial charge in [0.05, 0.1) is 30.6 Å². The average molecular weight is 341 g/mol. The van der Waals surface area contributed by atoms with Crippen molar-refractivity contribution in [1.82, 2.24) is 15.0 Å². The minimum atomic E-state index is 0.157. The van der Waals surface area contributed by atoms with Gasteiger partial charge >= 0.3 is 0 Å². The van der Waals surface area contributed by atoms with Crippen molar-refractivity contribution in [2.24, 2.45) is 0 Å². The maximum Gasteiger partial charge on any atom is 0.133 e. The van der Waals surface area contributed by atoms with E-state index >= 15 is 0 Å². The fourth-order valence-corrected chi connectivity index (χ4v) is 3.83. The first-order valence-corrected chi connectivity index (χ1v) is 8.92. The van der Waals surface area contributed by atoms with Crippen LogP contribution in [0.5, 0.6) is 0 Å². The van der Waals surface area contributed by atoms with Gasteiger partial charge < -0.3 is 9.26 Å². The van der Waals surface area contributed by atoms with E-state index in [1.807, 2.05) is 31.2 Å². The SMILES string of the molecule is Cc1cc(CN2CCOCC2c2csc(-c3ccccc3)n2)no1. The van der Waals surface area contributed by atoms with Crippen LogP contribution in [-0.4, -0.2) is 34.8 Å². The smallest absolute Gasteiger partial charge is 0.133 e. The van der Waals surface area contributed by atoms with Gasteiger partial charge in [-0.05, 0) is 6.92 Å². The average Bonchev–Trinajstić information content (AvgIpc) is 3.26. The van der Waals surface area contributed by atoms with E-state index < -0.39 is 0 Å². The fourth-order valence-electron chi connectivity index (χ4n) is 2.95. The summed E-state index contributed by atoms with van der Waals surface area (Å²) in [6.07, 6.45) is 0. The summed E-state index contributed by atoms with van der Waals surface area (Å²) < 4.78 is 10.9. The molecule has 24 heavy (non-hydrogen) atoms. The van der Waals surface area contributed by atoms with Gasteiger partial charge in [-0.3, -0.25) is 4.90 Å². The number of hydrogen-bond acceptors (Lipinski definition) is 6. The van der Waals surface area contributed by atoms with E-state index in [4.69, 9.17) is 14.2 Å². The van der Waals surface area contributed by atoms with Crippen LogP contribution in [-0.2, 0) is 11.3 Å². The Balaban J connectivity index is 1.55. The molecule has 5 nitrogen and oxygen atoms in total. The normalized spacial score (nSPS) is 18.8. The van der Waals surface area contributed by atoms with Crippen LogP contribution in [0.25, 0.3) is 10.6 Å². The maximum absolute atomic E-state index is 5.70. The van der Waals surface area contributed by atoms with Crippen molar-refractivity contribution in [2.75, 3.05) is 19.8 Å². The number of hydrogen-bond donors (Lipinski definition) is 0. The summed E-state index contributed by atoms with van der Waals surface area (Å²) in [5.74, 6) is 0.842. The van der Waals surface area contributed by atoms with E-state index in [2.05, 4.69) is 27.6 Å².